The van der Waals surface area contributed by atoms with Crippen molar-refractivity contribution in [2.45, 2.75) is 50.6 Å². The normalized spacial score (nSPS) is 28.3. The van der Waals surface area contributed by atoms with E-state index < -0.39 is 0 Å². The molecular formula is C12H23N3O. The monoisotopic (exact) mass is 225 g/mol. The van der Waals surface area contributed by atoms with Gasteiger partial charge in [0.25, 0.3) is 0 Å². The molecule has 1 atom stereocenters. The minimum absolute atomic E-state index is 0.423. The summed E-state index contributed by atoms with van der Waals surface area (Å²) < 4.78 is 5.37. The number of ether oxygens (including phenoxy) is 1. The Bertz CT molecular complexity index is 243. The van der Waals surface area contributed by atoms with Gasteiger partial charge in [-0.1, -0.05) is 19.3 Å². The van der Waals surface area contributed by atoms with Crippen molar-refractivity contribution >= 4 is 5.96 Å². The summed E-state index contributed by atoms with van der Waals surface area (Å²) in [5.41, 5.74) is 6.05. The average Bonchev–Trinajstić information content (AvgIpc) is 2.83. The van der Waals surface area contributed by atoms with E-state index in [2.05, 4.69) is 9.89 Å². The van der Waals surface area contributed by atoms with Gasteiger partial charge in [0.1, 0.15) is 0 Å². The van der Waals surface area contributed by atoms with E-state index in [1.165, 1.54) is 32.1 Å². The van der Waals surface area contributed by atoms with Crippen molar-refractivity contribution in [3.8, 4) is 0 Å². The van der Waals surface area contributed by atoms with E-state index in [-0.39, 0.29) is 0 Å². The van der Waals surface area contributed by atoms with Gasteiger partial charge in [0.15, 0.2) is 5.96 Å². The molecule has 0 spiro atoms. The Hall–Kier alpha value is -0.770. The van der Waals surface area contributed by atoms with Gasteiger partial charge in [0.05, 0.1) is 18.7 Å². The molecule has 1 saturated heterocycles. The van der Waals surface area contributed by atoms with E-state index >= 15 is 0 Å². The molecule has 2 rings (SSSR count). The summed E-state index contributed by atoms with van der Waals surface area (Å²) in [5, 5.41) is 0. The lowest BCUT2D eigenvalue weighted by molar-refractivity contribution is 0.178. The molecule has 1 aliphatic carbocycles. The van der Waals surface area contributed by atoms with Gasteiger partial charge in [0, 0.05) is 13.7 Å². The molecule has 92 valence electrons. The topological polar surface area (TPSA) is 50.8 Å². The molecule has 2 N–H and O–H groups in total. The number of aliphatic imine (C=N–C) groups is 1. The third-order valence-corrected chi connectivity index (χ3v) is 3.70. The Balaban J connectivity index is 1.88. The highest BCUT2D eigenvalue weighted by atomic mass is 16.5. The smallest absolute Gasteiger partial charge is 0.191 e. The van der Waals surface area contributed by atoms with E-state index in [0.29, 0.717) is 18.0 Å². The summed E-state index contributed by atoms with van der Waals surface area (Å²) in [7, 11) is 2.03. The molecular weight excluding hydrogens is 202 g/mol. The highest BCUT2D eigenvalue weighted by molar-refractivity contribution is 5.78. The summed E-state index contributed by atoms with van der Waals surface area (Å²) in [5.74, 6) is 0.697. The highest BCUT2D eigenvalue weighted by Gasteiger charge is 2.22. The van der Waals surface area contributed by atoms with Crippen molar-refractivity contribution in [1.82, 2.24) is 4.90 Å². The van der Waals surface area contributed by atoms with Crippen molar-refractivity contribution in [1.29, 1.82) is 0 Å². The second-order valence-corrected chi connectivity index (χ2v) is 4.91. The van der Waals surface area contributed by atoms with Crippen LogP contribution in [0.15, 0.2) is 4.99 Å². The zero-order chi connectivity index (χ0) is 11.4. The largest absolute Gasteiger partial charge is 0.379 e. The summed E-state index contributed by atoms with van der Waals surface area (Å²) in [6.45, 7) is 1.64. The van der Waals surface area contributed by atoms with Crippen molar-refractivity contribution < 1.29 is 4.74 Å². The number of nitrogens with zero attached hydrogens (tertiary/aromatic N) is 2. The van der Waals surface area contributed by atoms with Gasteiger partial charge in [-0.3, -0.25) is 0 Å². The molecule has 0 aromatic rings. The van der Waals surface area contributed by atoms with Gasteiger partial charge < -0.3 is 15.4 Å². The van der Waals surface area contributed by atoms with Gasteiger partial charge in [-0.05, 0) is 19.3 Å². The molecule has 0 amide bonds. The minimum Gasteiger partial charge on any atom is -0.379 e. The van der Waals surface area contributed by atoms with Crippen molar-refractivity contribution in [3.63, 3.8) is 0 Å². The molecule has 0 aromatic carbocycles. The van der Waals surface area contributed by atoms with Crippen LogP contribution in [0.5, 0.6) is 0 Å². The van der Waals surface area contributed by atoms with Crippen LogP contribution in [0.25, 0.3) is 0 Å². The van der Waals surface area contributed by atoms with Crippen molar-refractivity contribution in [2.24, 2.45) is 10.7 Å². The van der Waals surface area contributed by atoms with Crippen LogP contribution in [-0.2, 0) is 4.74 Å². The van der Waals surface area contributed by atoms with Crippen LogP contribution in [0.2, 0.25) is 0 Å². The van der Waals surface area contributed by atoms with Crippen LogP contribution in [0.4, 0.5) is 0 Å². The summed E-state index contributed by atoms with van der Waals surface area (Å²) in [4.78, 5) is 6.73. The van der Waals surface area contributed by atoms with Crippen LogP contribution >= 0.6 is 0 Å². The zero-order valence-electron chi connectivity index (χ0n) is 10.2. The molecule has 1 unspecified atom stereocenters. The Morgan fingerprint density at radius 3 is 2.62 bits per heavy atom. The molecule has 0 radical (unpaired) electrons. The predicted octanol–water partition coefficient (Wildman–Crippen LogP) is 1.35. The highest BCUT2D eigenvalue weighted by Crippen LogP contribution is 2.20. The fourth-order valence-electron chi connectivity index (χ4n) is 2.50. The molecule has 0 bridgehead atoms. The predicted molar refractivity (Wildman–Crippen MR) is 65.5 cm³/mol. The maximum Gasteiger partial charge on any atom is 0.191 e. The van der Waals surface area contributed by atoms with Gasteiger partial charge in [-0.15, -0.1) is 0 Å². The molecule has 4 nitrogen and oxygen atoms in total. The SMILES string of the molecule is CN(C(N)=NC1CCCCC1)C1CCOC1. The van der Waals surface area contributed by atoms with E-state index in [9.17, 15) is 0 Å². The van der Waals surface area contributed by atoms with Gasteiger partial charge >= 0.3 is 0 Å². The summed E-state index contributed by atoms with van der Waals surface area (Å²) >= 11 is 0. The Morgan fingerprint density at radius 2 is 2.00 bits per heavy atom. The number of guanidine groups is 1. The third-order valence-electron chi connectivity index (χ3n) is 3.70. The van der Waals surface area contributed by atoms with Crippen LogP contribution in [0, 0.1) is 0 Å². The first-order valence-electron chi connectivity index (χ1n) is 6.41. The molecule has 2 fully saturated rings. The Morgan fingerprint density at radius 1 is 1.25 bits per heavy atom. The fourth-order valence-corrected chi connectivity index (χ4v) is 2.50. The number of rotatable bonds is 2. The van der Waals surface area contributed by atoms with Crippen molar-refractivity contribution in [2.75, 3.05) is 20.3 Å². The maximum absolute atomic E-state index is 6.05. The second-order valence-electron chi connectivity index (χ2n) is 4.91. The van der Waals surface area contributed by atoms with E-state index in [1.54, 1.807) is 0 Å². The number of hydrogen-bond acceptors (Lipinski definition) is 2. The van der Waals surface area contributed by atoms with E-state index in [4.69, 9.17) is 10.5 Å². The third kappa shape index (κ3) is 2.88. The lowest BCUT2D eigenvalue weighted by Gasteiger charge is -2.26. The first-order chi connectivity index (χ1) is 7.77. The molecule has 1 aliphatic heterocycles. The van der Waals surface area contributed by atoms with Crippen LogP contribution < -0.4 is 5.73 Å². The molecule has 1 saturated carbocycles. The number of nitrogens with two attached hydrogens (primary N) is 1. The number of hydrogen-bond donors (Lipinski definition) is 1. The Labute approximate surface area is 97.9 Å². The van der Waals surface area contributed by atoms with Gasteiger partial charge in [0.2, 0.25) is 0 Å². The molecule has 2 aliphatic rings. The van der Waals surface area contributed by atoms with Crippen LogP contribution in [0.3, 0.4) is 0 Å². The second kappa shape index (κ2) is 5.53. The van der Waals surface area contributed by atoms with E-state index in [1.807, 2.05) is 7.05 Å². The van der Waals surface area contributed by atoms with Gasteiger partial charge in [-0.25, -0.2) is 4.99 Å². The molecule has 16 heavy (non-hydrogen) atoms. The molecule has 1 heterocycles. The molecule has 4 heteroatoms. The Kier molecular flexibility index (Phi) is 4.04. The van der Waals surface area contributed by atoms with E-state index in [0.717, 1.165) is 19.6 Å². The molecule has 0 aromatic heterocycles. The first-order valence-corrected chi connectivity index (χ1v) is 6.41. The number of likely N-dealkylation sites (N-methyl/N-ethyl adjacent to an activating group) is 1. The van der Waals surface area contributed by atoms with Gasteiger partial charge in [-0.2, -0.15) is 0 Å². The summed E-state index contributed by atoms with van der Waals surface area (Å²) in [6, 6.07) is 0.880. The minimum atomic E-state index is 0.423. The quantitative estimate of drug-likeness (QED) is 0.570. The first kappa shape index (κ1) is 11.7. The summed E-state index contributed by atoms with van der Waals surface area (Å²) in [6.07, 6.45) is 7.44. The fraction of sp³-hybridized carbons (Fsp3) is 0.917. The van der Waals surface area contributed by atoms with Crippen LogP contribution in [0.1, 0.15) is 38.5 Å². The van der Waals surface area contributed by atoms with Crippen molar-refractivity contribution in [3.05, 3.63) is 0 Å². The van der Waals surface area contributed by atoms with Crippen LogP contribution in [-0.4, -0.2) is 43.2 Å². The average molecular weight is 225 g/mol. The lowest BCUT2D eigenvalue weighted by Crippen LogP contribution is -2.43. The maximum atomic E-state index is 6.05. The zero-order valence-corrected chi connectivity index (χ0v) is 10.2. The lowest BCUT2D eigenvalue weighted by atomic mass is 9.96. The standard InChI is InChI=1S/C12H23N3O/c1-15(11-7-8-16-9-11)12(13)14-10-5-3-2-4-6-10/h10-11H,2-9H2,1H3,(H2,13,14).